The molecule has 0 N–H and O–H groups in total. The third-order valence-corrected chi connectivity index (χ3v) is 40.4. The Bertz CT molecular complexity index is 5830. The Morgan fingerprint density at radius 2 is 0.659 bits per heavy atom. The molecule has 734 valence electrons. The Hall–Kier alpha value is -7.44. The first-order valence-corrected chi connectivity index (χ1v) is 61.4. The molecule has 138 heavy (non-hydrogen) atoms. The van der Waals surface area contributed by atoms with Crippen molar-refractivity contribution >= 4 is 134 Å². The molecule has 3 aromatic carbocycles. The van der Waals surface area contributed by atoms with Crippen LogP contribution in [0, 0.1) is 57.2 Å². The van der Waals surface area contributed by atoms with E-state index < -0.39 is 11.3 Å². The van der Waals surface area contributed by atoms with E-state index in [4.69, 9.17) is 0 Å². The van der Waals surface area contributed by atoms with Gasteiger partial charge in [0, 0.05) is 122 Å². The molecular weight excluding hydrogens is 1830 g/mol. The molecule has 6 nitrogen and oxygen atoms in total. The first kappa shape index (κ1) is 108. The highest BCUT2D eigenvalue weighted by atomic mass is 32.1. The summed E-state index contributed by atoms with van der Waals surface area (Å²) >= 11 is 15.5. The zero-order valence-corrected chi connectivity index (χ0v) is 91.9. The summed E-state index contributed by atoms with van der Waals surface area (Å²) in [4.78, 5) is 48.4. The maximum atomic E-state index is 15.5. The molecule has 0 fully saturated rings. The summed E-state index contributed by atoms with van der Waals surface area (Å²) in [5.74, 6) is 0.421. The third-order valence-electron chi connectivity index (χ3n) is 30.1. The van der Waals surface area contributed by atoms with E-state index in [1.165, 1.54) is 375 Å². The van der Waals surface area contributed by atoms with E-state index >= 15 is 9.59 Å². The molecule has 0 radical (unpaired) electrons. The molecule has 4 unspecified atom stereocenters. The monoisotopic (exact) mass is 1990 g/mol. The van der Waals surface area contributed by atoms with Crippen LogP contribution in [0.5, 0.6) is 0 Å². The van der Waals surface area contributed by atoms with Gasteiger partial charge in [0.25, 0.3) is 0 Å². The fraction of sp³-hybridized carbons (Fsp3) is 0.548. The lowest BCUT2D eigenvalue weighted by Gasteiger charge is -2.23. The van der Waals surface area contributed by atoms with Gasteiger partial charge in [-0.15, -0.1) is 90.7 Å². The fourth-order valence-electron chi connectivity index (χ4n) is 21.9. The highest BCUT2D eigenvalue weighted by Gasteiger charge is 2.50. The van der Waals surface area contributed by atoms with Crippen molar-refractivity contribution in [1.82, 2.24) is 0 Å². The predicted molar refractivity (Wildman–Crippen MR) is 606 cm³/mol. The number of allylic oxidation sites excluding steroid dienone is 4. The van der Waals surface area contributed by atoms with Gasteiger partial charge in [-0.1, -0.05) is 393 Å². The molecule has 8 heterocycles. The zero-order valence-electron chi connectivity index (χ0n) is 85.4. The number of fused-ring (bicyclic) bond motifs is 4. The number of rotatable bonds is 65. The number of hydrogen-bond donors (Lipinski definition) is 0. The number of Topliss-reactive ketones (excluding diaryl/α,β-unsaturated/α-hetero) is 2. The smallest absolute Gasteiger partial charge is 0.179 e. The number of carbonyl (C=O) groups is 2. The molecule has 2 aliphatic rings. The molecule has 2 aliphatic carbocycles. The topological polar surface area (TPSA) is 129 Å². The first-order valence-electron chi connectivity index (χ1n) is 54.9. The van der Waals surface area contributed by atoms with Gasteiger partial charge in [-0.3, -0.25) is 9.59 Å². The van der Waals surface area contributed by atoms with Crippen LogP contribution in [0.2, 0.25) is 0 Å². The van der Waals surface area contributed by atoms with Crippen LogP contribution >= 0.6 is 90.7 Å². The van der Waals surface area contributed by atoms with Gasteiger partial charge in [0.1, 0.15) is 35.4 Å². The highest BCUT2D eigenvalue weighted by Crippen LogP contribution is 2.60. The van der Waals surface area contributed by atoms with Gasteiger partial charge in [-0.2, -0.15) is 21.0 Å². The summed E-state index contributed by atoms with van der Waals surface area (Å²) in [5, 5.41) is 45.9. The molecule has 13 rings (SSSR count). The quantitative estimate of drug-likeness (QED) is 0.0276. The summed E-state index contributed by atoms with van der Waals surface area (Å²) in [7, 11) is 0. The number of benzene rings is 3. The SMILES string of the molecule is CCCCCCCCCCCCCc1cc(-c2sc(C3C(=O)c4ccccc4C3=C(C#N)C#N)cc2CCCCCCCCCCCC)sc1-c1cc2c(-c3ccc(CC(CC)CCCC)s3)c3sc(-c4sc(-c5sc(C6(C)C(=O)c7ccccc7C6=C(C#N)C#N)cc5CCCCCCCCCCCC)cc4CCCCCCCCCCCC)cc3c(-c3ccc(CC(CC)CCCC)s3)c2s1. The molecule has 0 saturated carbocycles. The Morgan fingerprint density at radius 3 is 1.04 bits per heavy atom. The second kappa shape index (κ2) is 56.6. The molecule has 0 amide bonds. The van der Waals surface area contributed by atoms with Crippen LogP contribution < -0.4 is 0 Å². The minimum atomic E-state index is -1.23. The number of hydrogen-bond acceptors (Lipinski definition) is 14. The molecule has 11 aromatic rings. The van der Waals surface area contributed by atoms with Crippen molar-refractivity contribution in [2.24, 2.45) is 11.8 Å². The summed E-state index contributed by atoms with van der Waals surface area (Å²) < 4.78 is 2.71. The number of nitrogens with zero attached hydrogens (tertiary/aromatic N) is 4. The van der Waals surface area contributed by atoms with Gasteiger partial charge >= 0.3 is 0 Å². The van der Waals surface area contributed by atoms with Crippen LogP contribution in [0.3, 0.4) is 0 Å². The van der Waals surface area contributed by atoms with Crippen LogP contribution in [0.25, 0.3) is 91.2 Å². The second-order valence-corrected chi connectivity index (χ2v) is 49.2. The van der Waals surface area contributed by atoms with E-state index in [1.807, 2.05) is 123 Å². The van der Waals surface area contributed by atoms with Crippen molar-refractivity contribution in [2.45, 2.75) is 427 Å². The predicted octanol–water partition coefficient (Wildman–Crippen LogP) is 42.0. The Balaban J connectivity index is 1.00. The lowest BCUT2D eigenvalue weighted by atomic mass is 9.78. The van der Waals surface area contributed by atoms with Gasteiger partial charge in [0.2, 0.25) is 0 Å². The largest absolute Gasteiger partial charge is 0.293 e. The van der Waals surface area contributed by atoms with Crippen LogP contribution in [0.4, 0.5) is 0 Å². The number of thiophene rings is 8. The number of nitriles is 4. The molecule has 0 bridgehead atoms. The number of unbranched alkanes of at least 4 members (excludes halogenated alkanes) is 39. The number of carbonyl (C=O) groups excluding carboxylic acids is 2. The Kier molecular flexibility index (Phi) is 44.2. The number of ketones is 2. The summed E-state index contributed by atoms with van der Waals surface area (Å²) in [6.07, 6.45) is 67.3. The third kappa shape index (κ3) is 27.5. The standard InChI is InChI=1S/C124H158N4O2S8/c1-10-18-24-28-32-36-40-44-47-51-54-64-90-78-106(117-89(63-53-49-45-41-37-33-29-25-19-11-2)77-105(133-117)114-111(93(83-125)84-126)97-67-57-59-69-99(97)116(114)129)134-118(90)108-81-101-112(103-73-71-95(131-103)75-87(16-7)61-22-14-5)122-102(113(121(101)136-108)104-74-72-96(132-104)76-88(17-8)62-23-15-6)82-109(137-122)119-91(65-55-50-46-42-38-34-30-26-20-12-3)79-107(135-119)120-92(66-56-52-48-43-39-35-31-27-21-13-4)80-110(138-120)124(9)115(94(85-127)86-128)98-68-58-60-70-100(98)123(124)130/h57-60,67-74,77-82,87-88,114H,10-56,61-66,75-76H2,1-9H3. The fourth-order valence-corrected chi connectivity index (χ4v) is 32.5. The minimum Gasteiger partial charge on any atom is -0.293 e. The van der Waals surface area contributed by atoms with Gasteiger partial charge in [-0.25, -0.2) is 0 Å². The molecule has 8 aromatic heterocycles. The van der Waals surface area contributed by atoms with Crippen LogP contribution in [-0.2, 0) is 43.9 Å². The van der Waals surface area contributed by atoms with Crippen LogP contribution in [-0.4, -0.2) is 11.6 Å². The van der Waals surface area contributed by atoms with Gasteiger partial charge < -0.3 is 0 Å². The van der Waals surface area contributed by atoms with E-state index in [0.29, 0.717) is 45.2 Å². The molecule has 0 saturated heterocycles. The van der Waals surface area contributed by atoms with Crippen molar-refractivity contribution in [1.29, 1.82) is 21.0 Å². The van der Waals surface area contributed by atoms with E-state index in [9.17, 15) is 21.0 Å². The van der Waals surface area contributed by atoms with Gasteiger partial charge in [0.15, 0.2) is 11.6 Å². The lowest BCUT2D eigenvalue weighted by molar-refractivity contribution is 0.0942. The van der Waals surface area contributed by atoms with Crippen molar-refractivity contribution < 1.29 is 9.59 Å². The highest BCUT2D eigenvalue weighted by molar-refractivity contribution is 7.31. The van der Waals surface area contributed by atoms with E-state index in [1.54, 1.807) is 22.7 Å². The van der Waals surface area contributed by atoms with E-state index in [-0.39, 0.29) is 22.7 Å². The van der Waals surface area contributed by atoms with Gasteiger partial charge in [-0.05, 0) is 177 Å². The lowest BCUT2D eigenvalue weighted by Crippen LogP contribution is -2.28. The second-order valence-electron chi connectivity index (χ2n) is 40.5. The Labute approximate surface area is 863 Å². The average Bonchev–Trinajstić information content (AvgIpc) is 1.54. The molecule has 0 spiro atoms. The Morgan fingerprint density at radius 1 is 0.326 bits per heavy atom. The van der Waals surface area contributed by atoms with E-state index in [0.717, 1.165) is 99.6 Å². The molecule has 4 atom stereocenters. The number of aryl methyl sites for hydroxylation is 4. The summed E-state index contributed by atoms with van der Waals surface area (Å²) in [5.41, 5.74) is 10.5. The van der Waals surface area contributed by atoms with Crippen molar-refractivity contribution in [3.05, 3.63) is 184 Å². The minimum absolute atomic E-state index is 0.00733. The van der Waals surface area contributed by atoms with Crippen molar-refractivity contribution in [2.75, 3.05) is 0 Å². The van der Waals surface area contributed by atoms with Crippen LogP contribution in [0.1, 0.15) is 456 Å². The first-order chi connectivity index (χ1) is 67.7. The molecular formula is C124H158N4O2S8. The van der Waals surface area contributed by atoms with Crippen molar-refractivity contribution in [3.63, 3.8) is 0 Å². The van der Waals surface area contributed by atoms with Crippen LogP contribution in [0.15, 0.2) is 120 Å². The maximum Gasteiger partial charge on any atom is 0.179 e. The van der Waals surface area contributed by atoms with Crippen molar-refractivity contribution in [3.8, 4) is 84.2 Å². The maximum absolute atomic E-state index is 15.5. The summed E-state index contributed by atoms with van der Waals surface area (Å²) in [6, 6.07) is 49.6. The van der Waals surface area contributed by atoms with E-state index in [2.05, 4.69) is 140 Å². The average molecular weight is 1990 g/mol. The van der Waals surface area contributed by atoms with Gasteiger partial charge in [0.05, 0.1) is 11.3 Å². The molecule has 14 heteroatoms. The molecule has 0 aliphatic heterocycles. The zero-order chi connectivity index (χ0) is 97.0. The summed E-state index contributed by atoms with van der Waals surface area (Å²) in [6.45, 7) is 20.7. The normalized spacial score (nSPS) is 14.6.